The summed E-state index contributed by atoms with van der Waals surface area (Å²) in [7, 11) is 0. The van der Waals surface area contributed by atoms with Crippen LogP contribution in [0, 0.1) is 0 Å². The van der Waals surface area contributed by atoms with Crippen molar-refractivity contribution in [2.24, 2.45) is 0 Å². The Hall–Kier alpha value is -3.29. The molecule has 7 heteroatoms. The maximum absolute atomic E-state index is 11.6. The van der Waals surface area contributed by atoms with Crippen LogP contribution in [0.2, 0.25) is 0 Å². The van der Waals surface area contributed by atoms with E-state index in [2.05, 4.69) is 44.7 Å². The Bertz CT molecular complexity index is 1120. The molecule has 2 rings (SSSR count). The molecule has 0 aromatic heterocycles. The predicted molar refractivity (Wildman–Crippen MR) is 167 cm³/mol. The van der Waals surface area contributed by atoms with Crippen molar-refractivity contribution in [3.05, 3.63) is 83.6 Å². The first-order valence-electron chi connectivity index (χ1n) is 14.7. The Morgan fingerprint density at radius 1 is 0.762 bits per heavy atom. The van der Waals surface area contributed by atoms with Gasteiger partial charge in [-0.15, -0.1) is 0 Å². The van der Waals surface area contributed by atoms with Crippen molar-refractivity contribution in [1.29, 1.82) is 0 Å². The highest BCUT2D eigenvalue weighted by Gasteiger charge is 2.23. The summed E-state index contributed by atoms with van der Waals surface area (Å²) in [6.07, 6.45) is 2.10. The number of hydrogen-bond donors (Lipinski definition) is 0. The molecule has 0 aliphatic carbocycles. The smallest absolute Gasteiger partial charge is 0.333 e. The van der Waals surface area contributed by atoms with E-state index in [4.69, 9.17) is 28.4 Å². The van der Waals surface area contributed by atoms with Gasteiger partial charge in [-0.2, -0.15) is 0 Å². The van der Waals surface area contributed by atoms with Crippen molar-refractivity contribution >= 4 is 5.97 Å². The molecule has 232 valence electrons. The van der Waals surface area contributed by atoms with E-state index in [1.54, 1.807) is 20.1 Å². The van der Waals surface area contributed by atoms with E-state index in [9.17, 15) is 4.79 Å². The van der Waals surface area contributed by atoms with Gasteiger partial charge in [-0.05, 0) is 82.5 Å². The molecule has 0 bridgehead atoms. The molecule has 3 unspecified atom stereocenters. The second-order valence-electron chi connectivity index (χ2n) is 11.5. The standard InChI is InChI=1S/C35H50O7/c1-25(2)21-37-19-10-20-38-27(5)22-40-32-15-11-30(12-16-32)35(8,9)31-13-17-33(18-14-31)41-23-28(6)39-24-29(7)42-34(36)26(3)4/h11-18,21,27-29H,3,10,19-20,22-24H2,1-2,4-9H3. The minimum absolute atomic E-state index is 0.00484. The van der Waals surface area contributed by atoms with Crippen molar-refractivity contribution < 1.29 is 33.2 Å². The van der Waals surface area contributed by atoms with Crippen molar-refractivity contribution in [2.45, 2.75) is 85.5 Å². The molecule has 0 N–H and O–H groups in total. The molecule has 0 spiro atoms. The van der Waals surface area contributed by atoms with E-state index in [1.807, 2.05) is 52.0 Å². The number of esters is 1. The molecule has 0 radical (unpaired) electrons. The lowest BCUT2D eigenvalue weighted by Gasteiger charge is -2.26. The van der Waals surface area contributed by atoms with Crippen LogP contribution in [0.25, 0.3) is 0 Å². The van der Waals surface area contributed by atoms with Crippen LogP contribution in [0.15, 0.2) is 72.5 Å². The van der Waals surface area contributed by atoms with Crippen LogP contribution in [-0.2, 0) is 29.2 Å². The van der Waals surface area contributed by atoms with E-state index < -0.39 is 5.97 Å². The molecule has 2 aromatic carbocycles. The van der Waals surface area contributed by atoms with Gasteiger partial charge in [0.05, 0.1) is 38.3 Å². The normalized spacial score (nSPS) is 13.4. The van der Waals surface area contributed by atoms with E-state index in [0.29, 0.717) is 38.6 Å². The van der Waals surface area contributed by atoms with E-state index in [-0.39, 0.29) is 23.7 Å². The quantitative estimate of drug-likeness (QED) is 0.0739. The molecule has 2 aromatic rings. The van der Waals surface area contributed by atoms with Gasteiger partial charge < -0.3 is 28.4 Å². The lowest BCUT2D eigenvalue weighted by Crippen LogP contribution is -2.26. The first kappa shape index (κ1) is 34.9. The maximum atomic E-state index is 11.6. The van der Waals surface area contributed by atoms with E-state index >= 15 is 0 Å². The first-order valence-corrected chi connectivity index (χ1v) is 14.7. The zero-order valence-corrected chi connectivity index (χ0v) is 26.7. The molecule has 3 atom stereocenters. The average molecular weight is 583 g/mol. The number of carbonyl (C=O) groups is 1. The first-order chi connectivity index (χ1) is 19.9. The largest absolute Gasteiger partial charge is 0.501 e. The molecule has 7 nitrogen and oxygen atoms in total. The topological polar surface area (TPSA) is 72.5 Å². The molecule has 42 heavy (non-hydrogen) atoms. The highest BCUT2D eigenvalue weighted by molar-refractivity contribution is 5.87. The van der Waals surface area contributed by atoms with Crippen molar-refractivity contribution in [3.63, 3.8) is 0 Å². The molecule has 0 amide bonds. The Labute approximate surface area is 252 Å². The number of carbonyl (C=O) groups excluding carboxylic acids is 1. The zero-order chi connectivity index (χ0) is 31.1. The fraction of sp³-hybridized carbons (Fsp3) is 0.514. The van der Waals surface area contributed by atoms with Gasteiger partial charge in [-0.25, -0.2) is 4.79 Å². The number of allylic oxidation sites excluding steroid dienone is 1. The van der Waals surface area contributed by atoms with Crippen molar-refractivity contribution in [1.82, 2.24) is 0 Å². The summed E-state index contributed by atoms with van der Waals surface area (Å²) in [4.78, 5) is 11.6. The Kier molecular flexibility index (Phi) is 14.6. The Balaban J connectivity index is 1.78. The summed E-state index contributed by atoms with van der Waals surface area (Å²) in [5.74, 6) is 1.18. The fourth-order valence-electron chi connectivity index (χ4n) is 3.90. The molecule has 0 fully saturated rings. The summed E-state index contributed by atoms with van der Waals surface area (Å²) in [5.41, 5.74) is 3.69. The molecule has 0 heterocycles. The van der Waals surface area contributed by atoms with Gasteiger partial charge in [-0.1, -0.05) is 44.7 Å². The zero-order valence-electron chi connectivity index (χ0n) is 26.7. The van der Waals surface area contributed by atoms with Gasteiger partial charge in [0.25, 0.3) is 0 Å². The minimum atomic E-state index is -0.411. The molecule has 0 aliphatic rings. The van der Waals surface area contributed by atoms with Crippen LogP contribution in [0.3, 0.4) is 0 Å². The van der Waals surface area contributed by atoms with Crippen LogP contribution < -0.4 is 9.47 Å². The van der Waals surface area contributed by atoms with Crippen molar-refractivity contribution in [3.8, 4) is 11.5 Å². The van der Waals surface area contributed by atoms with Gasteiger partial charge in [0.15, 0.2) is 0 Å². The van der Waals surface area contributed by atoms with Crippen molar-refractivity contribution in [2.75, 3.05) is 33.0 Å². The fourth-order valence-corrected chi connectivity index (χ4v) is 3.90. The average Bonchev–Trinajstić information content (AvgIpc) is 2.95. The number of benzene rings is 2. The second-order valence-corrected chi connectivity index (χ2v) is 11.5. The Morgan fingerprint density at radius 2 is 1.26 bits per heavy atom. The number of hydrogen-bond acceptors (Lipinski definition) is 7. The van der Waals surface area contributed by atoms with Gasteiger partial charge in [-0.3, -0.25) is 0 Å². The maximum Gasteiger partial charge on any atom is 0.333 e. The van der Waals surface area contributed by atoms with Crippen LogP contribution >= 0.6 is 0 Å². The monoisotopic (exact) mass is 582 g/mol. The van der Waals surface area contributed by atoms with Crippen LogP contribution in [0.5, 0.6) is 11.5 Å². The van der Waals surface area contributed by atoms with Crippen LogP contribution in [0.4, 0.5) is 0 Å². The molecular formula is C35H50O7. The summed E-state index contributed by atoms with van der Waals surface area (Å²) in [6.45, 7) is 21.8. The highest BCUT2D eigenvalue weighted by atomic mass is 16.6. The summed E-state index contributed by atoms with van der Waals surface area (Å²) in [6, 6.07) is 16.4. The molecule has 0 saturated heterocycles. The second kappa shape index (κ2) is 17.6. The number of ether oxygens (including phenoxy) is 6. The summed E-state index contributed by atoms with van der Waals surface area (Å²) >= 11 is 0. The number of rotatable bonds is 19. The lowest BCUT2D eigenvalue weighted by atomic mass is 9.78. The van der Waals surface area contributed by atoms with Crippen LogP contribution in [-0.4, -0.2) is 57.3 Å². The third kappa shape index (κ3) is 12.7. The third-order valence-corrected chi connectivity index (χ3v) is 6.52. The van der Waals surface area contributed by atoms with Crippen LogP contribution in [0.1, 0.15) is 72.9 Å². The third-order valence-electron chi connectivity index (χ3n) is 6.52. The SMILES string of the molecule is C=C(C)C(=O)OC(C)COC(C)COc1ccc(C(C)(C)c2ccc(OCC(C)OCCCOC=C(C)C)cc2)cc1. The lowest BCUT2D eigenvalue weighted by molar-refractivity contribution is -0.147. The van der Waals surface area contributed by atoms with E-state index in [1.165, 1.54) is 11.1 Å². The van der Waals surface area contributed by atoms with Gasteiger partial charge in [0, 0.05) is 17.4 Å². The van der Waals surface area contributed by atoms with Gasteiger partial charge >= 0.3 is 5.97 Å². The van der Waals surface area contributed by atoms with E-state index in [0.717, 1.165) is 23.5 Å². The predicted octanol–water partition coefficient (Wildman–Crippen LogP) is 7.42. The Morgan fingerprint density at radius 3 is 1.74 bits per heavy atom. The molecule has 0 aliphatic heterocycles. The van der Waals surface area contributed by atoms with Gasteiger partial charge in [0.2, 0.25) is 0 Å². The van der Waals surface area contributed by atoms with Gasteiger partial charge in [0.1, 0.15) is 30.8 Å². The molecule has 0 saturated carbocycles. The highest BCUT2D eigenvalue weighted by Crippen LogP contribution is 2.33. The summed E-state index contributed by atoms with van der Waals surface area (Å²) in [5, 5.41) is 0. The molecular weight excluding hydrogens is 532 g/mol. The minimum Gasteiger partial charge on any atom is -0.501 e. The summed E-state index contributed by atoms with van der Waals surface area (Å²) < 4.78 is 34.1.